The first-order chi connectivity index (χ1) is 9.14. The van der Waals surface area contributed by atoms with Crippen LogP contribution in [0.15, 0.2) is 29.2 Å². The van der Waals surface area contributed by atoms with Gasteiger partial charge in [0.2, 0.25) is 0 Å². The molecule has 0 aliphatic rings. The fraction of sp³-hybridized carbons (Fsp3) is 0.600. The summed E-state index contributed by atoms with van der Waals surface area (Å²) < 4.78 is 35.0. The first kappa shape index (κ1) is 17.1. The molecule has 1 aromatic rings. The molecule has 1 atom stereocenters. The van der Waals surface area contributed by atoms with E-state index in [0.29, 0.717) is 6.42 Å². The van der Waals surface area contributed by atoms with Gasteiger partial charge in [-0.15, -0.1) is 0 Å². The molecule has 0 aliphatic carbocycles. The van der Waals surface area contributed by atoms with Crippen molar-refractivity contribution in [3.63, 3.8) is 0 Å². The van der Waals surface area contributed by atoms with Crippen molar-refractivity contribution in [2.24, 2.45) is 0 Å². The van der Waals surface area contributed by atoms with E-state index in [1.165, 1.54) is 0 Å². The van der Waals surface area contributed by atoms with Crippen LogP contribution in [0.4, 0.5) is 0 Å². The Morgan fingerprint density at radius 1 is 1.15 bits per heavy atom. The SMILES string of the molecule is CC[C@H](COS(=O)(=O)c1ccc(C)cc1)OC(C)(C)C. The van der Waals surface area contributed by atoms with Crippen LogP contribution in [-0.2, 0) is 19.0 Å². The van der Waals surface area contributed by atoms with Gasteiger partial charge in [-0.05, 0) is 46.2 Å². The van der Waals surface area contributed by atoms with Crippen LogP contribution >= 0.6 is 0 Å². The van der Waals surface area contributed by atoms with E-state index >= 15 is 0 Å². The summed E-state index contributed by atoms with van der Waals surface area (Å²) in [5.74, 6) is 0. The van der Waals surface area contributed by atoms with Gasteiger partial charge in [-0.3, -0.25) is 4.18 Å². The van der Waals surface area contributed by atoms with Gasteiger partial charge < -0.3 is 4.74 Å². The van der Waals surface area contributed by atoms with Gasteiger partial charge in [0, 0.05) is 0 Å². The highest BCUT2D eigenvalue weighted by Gasteiger charge is 2.21. The van der Waals surface area contributed by atoms with Crippen molar-refractivity contribution in [3.8, 4) is 0 Å². The molecule has 0 unspecified atom stereocenters. The van der Waals surface area contributed by atoms with Crippen molar-refractivity contribution in [2.75, 3.05) is 6.61 Å². The van der Waals surface area contributed by atoms with Crippen LogP contribution in [-0.4, -0.2) is 26.7 Å². The van der Waals surface area contributed by atoms with Crippen molar-refractivity contribution in [1.82, 2.24) is 0 Å². The quantitative estimate of drug-likeness (QED) is 0.756. The minimum atomic E-state index is -3.72. The van der Waals surface area contributed by atoms with Crippen LogP contribution in [0.1, 0.15) is 39.7 Å². The second-order valence-corrected chi connectivity index (χ2v) is 7.43. The minimum Gasteiger partial charge on any atom is -0.370 e. The molecule has 5 heteroatoms. The number of hydrogen-bond acceptors (Lipinski definition) is 4. The van der Waals surface area contributed by atoms with E-state index < -0.39 is 10.1 Å². The molecule has 0 amide bonds. The van der Waals surface area contributed by atoms with Crippen LogP contribution in [0.5, 0.6) is 0 Å². The molecule has 0 N–H and O–H groups in total. The number of benzene rings is 1. The highest BCUT2D eigenvalue weighted by Crippen LogP contribution is 2.17. The summed E-state index contributed by atoms with van der Waals surface area (Å²) >= 11 is 0. The molecule has 0 saturated carbocycles. The zero-order valence-corrected chi connectivity index (χ0v) is 13.7. The van der Waals surface area contributed by atoms with E-state index in [-0.39, 0.29) is 23.2 Å². The summed E-state index contributed by atoms with van der Waals surface area (Å²) in [4.78, 5) is 0.175. The summed E-state index contributed by atoms with van der Waals surface area (Å²) in [5, 5.41) is 0. The van der Waals surface area contributed by atoms with Gasteiger partial charge in [0.15, 0.2) is 0 Å². The molecule has 0 bridgehead atoms. The highest BCUT2D eigenvalue weighted by atomic mass is 32.2. The topological polar surface area (TPSA) is 52.6 Å². The van der Waals surface area contributed by atoms with E-state index in [1.807, 2.05) is 34.6 Å². The van der Waals surface area contributed by atoms with Gasteiger partial charge >= 0.3 is 0 Å². The second-order valence-electron chi connectivity index (χ2n) is 5.81. The fourth-order valence-electron chi connectivity index (χ4n) is 1.67. The standard InChI is InChI=1S/C15H24O4S/c1-6-13(19-15(3,4)5)11-18-20(16,17)14-9-7-12(2)8-10-14/h7-10,13H,6,11H2,1-5H3/t13-/m1/s1. The van der Waals surface area contributed by atoms with Crippen LogP contribution in [0, 0.1) is 6.92 Å². The summed E-state index contributed by atoms with van der Waals surface area (Å²) in [6, 6.07) is 6.60. The molecule has 114 valence electrons. The Morgan fingerprint density at radius 2 is 1.70 bits per heavy atom. The largest absolute Gasteiger partial charge is 0.370 e. The molecule has 4 nitrogen and oxygen atoms in total. The van der Waals surface area contributed by atoms with Gasteiger partial charge in [0.05, 0.1) is 23.2 Å². The third-order valence-electron chi connectivity index (χ3n) is 2.69. The van der Waals surface area contributed by atoms with Crippen LogP contribution in [0.2, 0.25) is 0 Å². The lowest BCUT2D eigenvalue weighted by molar-refractivity contribution is -0.0761. The maximum atomic E-state index is 12.1. The van der Waals surface area contributed by atoms with Crippen LogP contribution < -0.4 is 0 Å². The summed E-state index contributed by atoms with van der Waals surface area (Å²) in [6.07, 6.45) is 0.455. The zero-order valence-electron chi connectivity index (χ0n) is 12.8. The molecule has 1 aromatic carbocycles. The first-order valence-electron chi connectivity index (χ1n) is 6.78. The van der Waals surface area contributed by atoms with Crippen molar-refractivity contribution in [2.45, 2.75) is 57.6 Å². The van der Waals surface area contributed by atoms with Crippen LogP contribution in [0.25, 0.3) is 0 Å². The lowest BCUT2D eigenvalue weighted by atomic mass is 10.1. The monoisotopic (exact) mass is 300 g/mol. The highest BCUT2D eigenvalue weighted by molar-refractivity contribution is 7.86. The van der Waals surface area contributed by atoms with E-state index in [4.69, 9.17) is 8.92 Å². The van der Waals surface area contributed by atoms with Crippen molar-refractivity contribution < 1.29 is 17.3 Å². The Morgan fingerprint density at radius 3 is 2.15 bits per heavy atom. The van der Waals surface area contributed by atoms with Gasteiger partial charge in [0.1, 0.15) is 0 Å². The molecule has 0 aliphatic heterocycles. The lowest BCUT2D eigenvalue weighted by Gasteiger charge is -2.26. The molecular formula is C15H24O4S. The fourth-order valence-corrected chi connectivity index (χ4v) is 2.61. The molecule has 20 heavy (non-hydrogen) atoms. The summed E-state index contributed by atoms with van der Waals surface area (Å²) in [7, 11) is -3.72. The molecular weight excluding hydrogens is 276 g/mol. The number of hydrogen-bond donors (Lipinski definition) is 0. The number of aryl methyl sites for hydroxylation is 1. The zero-order chi connectivity index (χ0) is 15.4. The maximum absolute atomic E-state index is 12.1. The minimum absolute atomic E-state index is 0.0317. The average molecular weight is 300 g/mol. The Kier molecular flexibility index (Phi) is 5.74. The maximum Gasteiger partial charge on any atom is 0.297 e. The third kappa shape index (κ3) is 5.61. The predicted octanol–water partition coefficient (Wildman–Crippen LogP) is 3.29. The molecule has 0 spiro atoms. The van der Waals surface area contributed by atoms with Crippen molar-refractivity contribution >= 4 is 10.1 Å². The van der Waals surface area contributed by atoms with Crippen molar-refractivity contribution in [3.05, 3.63) is 29.8 Å². The molecule has 0 saturated heterocycles. The van der Waals surface area contributed by atoms with Crippen LogP contribution in [0.3, 0.4) is 0 Å². The number of rotatable bonds is 6. The van der Waals surface area contributed by atoms with Gasteiger partial charge in [-0.1, -0.05) is 24.6 Å². The van der Waals surface area contributed by atoms with Gasteiger partial charge in [0.25, 0.3) is 10.1 Å². The number of ether oxygens (including phenoxy) is 1. The third-order valence-corrected chi connectivity index (χ3v) is 3.99. The summed E-state index contributed by atoms with van der Waals surface area (Å²) in [5.41, 5.74) is 0.684. The predicted molar refractivity (Wildman–Crippen MR) is 79.2 cm³/mol. The normalized spacial score (nSPS) is 14.2. The first-order valence-corrected chi connectivity index (χ1v) is 8.19. The van der Waals surface area contributed by atoms with E-state index in [0.717, 1.165) is 5.56 Å². The van der Waals surface area contributed by atoms with E-state index in [2.05, 4.69) is 0 Å². The van der Waals surface area contributed by atoms with Crippen molar-refractivity contribution in [1.29, 1.82) is 0 Å². The lowest BCUT2D eigenvalue weighted by Crippen LogP contribution is -2.31. The Hall–Kier alpha value is -0.910. The van der Waals surface area contributed by atoms with E-state index in [9.17, 15) is 8.42 Å². The molecule has 0 fully saturated rings. The molecule has 1 rings (SSSR count). The van der Waals surface area contributed by atoms with E-state index in [1.54, 1.807) is 24.3 Å². The smallest absolute Gasteiger partial charge is 0.297 e. The van der Waals surface area contributed by atoms with Gasteiger partial charge in [-0.25, -0.2) is 0 Å². The average Bonchev–Trinajstić information content (AvgIpc) is 2.33. The van der Waals surface area contributed by atoms with Gasteiger partial charge in [-0.2, -0.15) is 8.42 Å². The molecule has 0 radical (unpaired) electrons. The summed E-state index contributed by atoms with van der Waals surface area (Å²) in [6.45, 7) is 9.68. The Labute approximate surface area is 122 Å². The molecule has 0 heterocycles. The Bertz CT molecular complexity index is 512. The second kappa shape index (κ2) is 6.70. The Balaban J connectivity index is 2.69. The molecule has 0 aromatic heterocycles.